The van der Waals surface area contributed by atoms with E-state index in [1.165, 1.54) is 20.4 Å². The van der Waals surface area contributed by atoms with Gasteiger partial charge in [-0.25, -0.2) is 9.97 Å². The molecule has 0 radical (unpaired) electrons. The zero-order chi connectivity index (χ0) is 18.5. The molecule has 140 valence electrons. The Bertz CT molecular complexity index is 772. The predicted molar refractivity (Wildman–Crippen MR) is 93.9 cm³/mol. The van der Waals surface area contributed by atoms with Gasteiger partial charge in [-0.1, -0.05) is 11.3 Å². The summed E-state index contributed by atoms with van der Waals surface area (Å²) in [6, 6.07) is 1.64. The predicted octanol–water partition coefficient (Wildman–Crippen LogP) is 2.08. The summed E-state index contributed by atoms with van der Waals surface area (Å²) in [5.74, 6) is 0.0971. The number of hydrogen-bond acceptors (Lipinski definition) is 8. The van der Waals surface area contributed by atoms with Gasteiger partial charge in [0, 0.05) is 20.0 Å². The highest BCUT2D eigenvalue weighted by Gasteiger charge is 2.24. The SMILES string of the molecule is COc1cc(O[C@@H]2CCCN(Cc3sc(NC(C)=O)nc3F)C2)ncn1. The first-order valence-electron chi connectivity index (χ1n) is 8.21. The van der Waals surface area contributed by atoms with E-state index in [4.69, 9.17) is 9.47 Å². The van der Waals surface area contributed by atoms with Crippen LogP contribution in [-0.2, 0) is 11.3 Å². The quantitative estimate of drug-likeness (QED) is 0.819. The summed E-state index contributed by atoms with van der Waals surface area (Å²) in [7, 11) is 1.54. The number of hydrogen-bond donors (Lipinski definition) is 1. The average Bonchev–Trinajstić information content (AvgIpc) is 2.93. The number of carbonyl (C=O) groups is 1. The van der Waals surface area contributed by atoms with Gasteiger partial charge in [-0.15, -0.1) is 0 Å². The fourth-order valence-electron chi connectivity index (χ4n) is 2.76. The summed E-state index contributed by atoms with van der Waals surface area (Å²) in [4.78, 5) is 25.5. The summed E-state index contributed by atoms with van der Waals surface area (Å²) in [5.41, 5.74) is 0. The van der Waals surface area contributed by atoms with Crippen LogP contribution in [0, 0.1) is 5.95 Å². The van der Waals surface area contributed by atoms with Gasteiger partial charge in [-0.3, -0.25) is 9.69 Å². The van der Waals surface area contributed by atoms with Crippen molar-refractivity contribution in [1.29, 1.82) is 0 Å². The topological polar surface area (TPSA) is 89.5 Å². The first kappa shape index (κ1) is 18.5. The van der Waals surface area contributed by atoms with Crippen LogP contribution in [0.4, 0.5) is 9.52 Å². The van der Waals surface area contributed by atoms with Crippen LogP contribution in [-0.4, -0.2) is 52.1 Å². The highest BCUT2D eigenvalue weighted by atomic mass is 32.1. The number of halogens is 1. The third kappa shape index (κ3) is 4.85. The van der Waals surface area contributed by atoms with Crippen LogP contribution in [0.25, 0.3) is 0 Å². The Kier molecular flexibility index (Phi) is 5.94. The van der Waals surface area contributed by atoms with Gasteiger partial charge in [-0.2, -0.15) is 9.37 Å². The zero-order valence-electron chi connectivity index (χ0n) is 14.6. The fraction of sp³-hybridized carbons (Fsp3) is 0.500. The molecule has 0 saturated carbocycles. The molecule has 0 unspecified atom stereocenters. The molecule has 1 fully saturated rings. The molecule has 1 atom stereocenters. The Hall–Kier alpha value is -2.33. The van der Waals surface area contributed by atoms with Crippen molar-refractivity contribution in [3.8, 4) is 11.8 Å². The molecule has 0 spiro atoms. The van der Waals surface area contributed by atoms with E-state index in [1.54, 1.807) is 6.07 Å². The summed E-state index contributed by atoms with van der Waals surface area (Å²) >= 11 is 1.15. The van der Waals surface area contributed by atoms with Gasteiger partial charge in [-0.05, 0) is 19.4 Å². The number of ether oxygens (including phenoxy) is 2. The summed E-state index contributed by atoms with van der Waals surface area (Å²) < 4.78 is 25.0. The maximum Gasteiger partial charge on any atom is 0.230 e. The van der Waals surface area contributed by atoms with Gasteiger partial charge in [0.1, 0.15) is 12.4 Å². The van der Waals surface area contributed by atoms with Crippen LogP contribution < -0.4 is 14.8 Å². The number of carbonyl (C=O) groups excluding carboxylic acids is 1. The number of rotatable bonds is 6. The Morgan fingerprint density at radius 2 is 2.27 bits per heavy atom. The molecule has 3 heterocycles. The molecule has 3 rings (SSSR count). The van der Waals surface area contributed by atoms with E-state index in [2.05, 4.69) is 25.2 Å². The molecule has 1 aliphatic heterocycles. The number of thiazole rings is 1. The summed E-state index contributed by atoms with van der Waals surface area (Å²) in [6.07, 6.45) is 3.18. The van der Waals surface area contributed by atoms with Crippen LogP contribution in [0.5, 0.6) is 11.8 Å². The second-order valence-corrected chi connectivity index (χ2v) is 7.01. The van der Waals surface area contributed by atoms with E-state index in [9.17, 15) is 9.18 Å². The van der Waals surface area contributed by atoms with Crippen molar-refractivity contribution in [2.75, 3.05) is 25.5 Å². The van der Waals surface area contributed by atoms with E-state index in [-0.39, 0.29) is 17.1 Å². The minimum atomic E-state index is -0.540. The molecule has 1 aliphatic rings. The normalized spacial score (nSPS) is 17.7. The fourth-order valence-corrected chi connectivity index (χ4v) is 3.69. The van der Waals surface area contributed by atoms with Gasteiger partial charge in [0.15, 0.2) is 5.13 Å². The molecule has 2 aromatic rings. The molecule has 8 nitrogen and oxygen atoms in total. The van der Waals surface area contributed by atoms with Crippen molar-refractivity contribution in [3.63, 3.8) is 0 Å². The Morgan fingerprint density at radius 3 is 3.04 bits per heavy atom. The third-order valence-electron chi connectivity index (χ3n) is 3.88. The molecule has 10 heteroatoms. The molecular weight excluding hydrogens is 361 g/mol. The first-order chi connectivity index (χ1) is 12.5. The molecule has 2 aromatic heterocycles. The van der Waals surface area contributed by atoms with Crippen molar-refractivity contribution in [1.82, 2.24) is 19.9 Å². The number of nitrogens with one attached hydrogen (secondary N) is 1. The van der Waals surface area contributed by atoms with Crippen molar-refractivity contribution >= 4 is 22.4 Å². The molecule has 1 N–H and O–H groups in total. The first-order valence-corrected chi connectivity index (χ1v) is 9.03. The van der Waals surface area contributed by atoms with Crippen molar-refractivity contribution in [2.45, 2.75) is 32.4 Å². The molecule has 1 amide bonds. The second kappa shape index (κ2) is 8.37. The molecule has 1 saturated heterocycles. The van der Waals surface area contributed by atoms with E-state index in [1.807, 2.05) is 0 Å². The molecule has 0 aliphatic carbocycles. The average molecular weight is 381 g/mol. The molecule has 0 bridgehead atoms. The number of anilines is 1. The number of amides is 1. The highest BCUT2D eigenvalue weighted by Crippen LogP contribution is 2.26. The Labute approximate surface area is 154 Å². The van der Waals surface area contributed by atoms with Crippen LogP contribution in [0.1, 0.15) is 24.6 Å². The maximum absolute atomic E-state index is 14.0. The van der Waals surface area contributed by atoms with Crippen molar-refractivity contribution < 1.29 is 18.7 Å². The number of piperidine rings is 1. The van der Waals surface area contributed by atoms with Crippen LogP contribution in [0.2, 0.25) is 0 Å². The summed E-state index contributed by atoms with van der Waals surface area (Å²) in [5, 5.41) is 2.80. The molecule has 0 aromatic carbocycles. The van der Waals surface area contributed by atoms with Gasteiger partial charge in [0.2, 0.25) is 23.6 Å². The highest BCUT2D eigenvalue weighted by molar-refractivity contribution is 7.15. The number of nitrogens with zero attached hydrogens (tertiary/aromatic N) is 4. The monoisotopic (exact) mass is 381 g/mol. The standard InChI is InChI=1S/C16H20FN5O3S/c1-10(23)20-16-21-15(17)12(26-16)8-22-5-3-4-11(7-22)25-14-6-13(24-2)18-9-19-14/h6,9,11H,3-5,7-8H2,1-2H3,(H,20,21,23)/t11-/m1/s1. The van der Waals surface area contributed by atoms with Gasteiger partial charge >= 0.3 is 0 Å². The van der Waals surface area contributed by atoms with E-state index < -0.39 is 5.95 Å². The van der Waals surface area contributed by atoms with E-state index in [0.717, 1.165) is 30.7 Å². The lowest BCUT2D eigenvalue weighted by Crippen LogP contribution is -2.40. The van der Waals surface area contributed by atoms with Crippen molar-refractivity contribution in [2.24, 2.45) is 0 Å². The minimum absolute atomic E-state index is 0.0471. The second-order valence-electron chi connectivity index (χ2n) is 5.93. The smallest absolute Gasteiger partial charge is 0.230 e. The summed E-state index contributed by atoms with van der Waals surface area (Å²) in [6.45, 7) is 3.29. The lowest BCUT2D eigenvalue weighted by Gasteiger charge is -2.32. The largest absolute Gasteiger partial charge is 0.481 e. The molecule has 26 heavy (non-hydrogen) atoms. The van der Waals surface area contributed by atoms with E-state index >= 15 is 0 Å². The van der Waals surface area contributed by atoms with Crippen LogP contribution >= 0.6 is 11.3 Å². The Morgan fingerprint density at radius 1 is 1.46 bits per heavy atom. The Balaban J connectivity index is 1.60. The van der Waals surface area contributed by atoms with Gasteiger partial charge in [0.25, 0.3) is 0 Å². The van der Waals surface area contributed by atoms with E-state index in [0.29, 0.717) is 29.7 Å². The number of aromatic nitrogens is 3. The lowest BCUT2D eigenvalue weighted by atomic mass is 10.1. The third-order valence-corrected chi connectivity index (χ3v) is 4.81. The number of likely N-dealkylation sites (tertiary alicyclic amines) is 1. The zero-order valence-corrected chi connectivity index (χ0v) is 15.4. The molecular formula is C16H20FN5O3S. The van der Waals surface area contributed by atoms with Crippen molar-refractivity contribution in [3.05, 3.63) is 23.2 Å². The maximum atomic E-state index is 14.0. The van der Waals surface area contributed by atoms with Gasteiger partial charge < -0.3 is 14.8 Å². The van der Waals surface area contributed by atoms with Crippen LogP contribution in [0.3, 0.4) is 0 Å². The lowest BCUT2D eigenvalue weighted by molar-refractivity contribution is -0.114. The van der Waals surface area contributed by atoms with Crippen LogP contribution in [0.15, 0.2) is 12.4 Å². The van der Waals surface area contributed by atoms with Gasteiger partial charge in [0.05, 0.1) is 18.1 Å². The number of methoxy groups -OCH3 is 1. The minimum Gasteiger partial charge on any atom is -0.481 e.